The molecule has 0 aliphatic rings. The third-order valence-corrected chi connectivity index (χ3v) is 9.11. The molecule has 278 valence electrons. The summed E-state index contributed by atoms with van der Waals surface area (Å²) in [5.74, 6) is -0.876. The maximum atomic E-state index is 12.5. The van der Waals surface area contributed by atoms with E-state index in [4.69, 9.17) is 14.2 Å². The molecule has 0 bridgehead atoms. The molecule has 0 aliphatic heterocycles. The van der Waals surface area contributed by atoms with Gasteiger partial charge in [-0.2, -0.15) is 0 Å². The van der Waals surface area contributed by atoms with Gasteiger partial charge in [-0.3, -0.25) is 14.4 Å². The number of rotatable bonds is 37. The van der Waals surface area contributed by atoms with E-state index in [1.807, 2.05) is 0 Å². The lowest BCUT2D eigenvalue weighted by Gasteiger charge is -2.18. The van der Waals surface area contributed by atoms with Gasteiger partial charge in [0.1, 0.15) is 13.2 Å². The van der Waals surface area contributed by atoms with E-state index in [0.29, 0.717) is 19.3 Å². The van der Waals surface area contributed by atoms with Gasteiger partial charge in [-0.15, -0.1) is 0 Å². The van der Waals surface area contributed by atoms with Crippen molar-refractivity contribution >= 4 is 17.9 Å². The molecule has 0 heterocycles. The van der Waals surface area contributed by atoms with Gasteiger partial charge in [0.25, 0.3) is 0 Å². The highest BCUT2D eigenvalue weighted by Crippen LogP contribution is 2.15. The number of esters is 3. The van der Waals surface area contributed by atoms with E-state index >= 15 is 0 Å². The maximum absolute atomic E-state index is 12.5. The first kappa shape index (κ1) is 45.4. The predicted octanol–water partition coefficient (Wildman–Crippen LogP) is 12.5. The Labute approximate surface area is 291 Å². The van der Waals surface area contributed by atoms with E-state index in [0.717, 1.165) is 64.2 Å². The monoisotopic (exact) mass is 667 g/mol. The minimum absolute atomic E-state index is 0.0650. The molecule has 0 radical (unpaired) electrons. The highest BCUT2D eigenvalue weighted by Gasteiger charge is 2.19. The van der Waals surface area contributed by atoms with Crippen molar-refractivity contribution in [2.45, 2.75) is 232 Å². The van der Waals surface area contributed by atoms with Crippen LogP contribution >= 0.6 is 0 Å². The van der Waals surface area contributed by atoms with Crippen LogP contribution in [0.2, 0.25) is 0 Å². The summed E-state index contributed by atoms with van der Waals surface area (Å²) in [4.78, 5) is 37.2. The fourth-order valence-corrected chi connectivity index (χ4v) is 5.97. The van der Waals surface area contributed by atoms with Gasteiger partial charge >= 0.3 is 17.9 Å². The standard InChI is InChI=1S/C41H78O6/c1-4-7-10-13-15-17-18-19-20-21-22-24-26-29-31-34-40(43)46-37-38(47-41(44)35-32-27-12-9-6-3)36-45-39(42)33-30-28-25-23-16-14-11-8-5-2/h38H,4-37H2,1-3H3/t38-/m0/s1. The summed E-state index contributed by atoms with van der Waals surface area (Å²) in [5.41, 5.74) is 0. The third-order valence-electron chi connectivity index (χ3n) is 9.11. The van der Waals surface area contributed by atoms with Crippen LogP contribution in [0.5, 0.6) is 0 Å². The van der Waals surface area contributed by atoms with Gasteiger partial charge in [0, 0.05) is 19.3 Å². The molecule has 6 nitrogen and oxygen atoms in total. The van der Waals surface area contributed by atoms with Gasteiger partial charge in [0.2, 0.25) is 0 Å². The van der Waals surface area contributed by atoms with Crippen molar-refractivity contribution in [2.75, 3.05) is 13.2 Å². The highest BCUT2D eigenvalue weighted by molar-refractivity contribution is 5.71. The Morgan fingerprint density at radius 1 is 0.340 bits per heavy atom. The minimum Gasteiger partial charge on any atom is -0.462 e. The molecule has 0 N–H and O–H groups in total. The molecule has 47 heavy (non-hydrogen) atoms. The summed E-state index contributed by atoms with van der Waals surface area (Å²) in [6, 6.07) is 0. The molecule has 6 heteroatoms. The van der Waals surface area contributed by atoms with Crippen molar-refractivity contribution in [3.63, 3.8) is 0 Å². The molecule has 0 rings (SSSR count). The fourth-order valence-electron chi connectivity index (χ4n) is 5.97. The number of unbranched alkanes of at least 4 members (excludes halogenated alkanes) is 26. The van der Waals surface area contributed by atoms with Crippen LogP contribution < -0.4 is 0 Å². The van der Waals surface area contributed by atoms with E-state index in [2.05, 4.69) is 20.8 Å². The normalized spacial score (nSPS) is 11.8. The van der Waals surface area contributed by atoms with Crippen molar-refractivity contribution < 1.29 is 28.6 Å². The first-order valence-electron chi connectivity index (χ1n) is 20.5. The van der Waals surface area contributed by atoms with Crippen LogP contribution in [-0.2, 0) is 28.6 Å². The predicted molar refractivity (Wildman–Crippen MR) is 197 cm³/mol. The average molecular weight is 667 g/mol. The number of carbonyl (C=O) groups excluding carboxylic acids is 3. The van der Waals surface area contributed by atoms with Crippen molar-refractivity contribution in [3.05, 3.63) is 0 Å². The second-order valence-electron chi connectivity index (χ2n) is 13.9. The Kier molecular flexibility index (Phi) is 36.0. The van der Waals surface area contributed by atoms with Crippen molar-refractivity contribution in [1.82, 2.24) is 0 Å². The zero-order valence-electron chi connectivity index (χ0n) is 31.6. The van der Waals surface area contributed by atoms with Crippen LogP contribution in [0.25, 0.3) is 0 Å². The van der Waals surface area contributed by atoms with E-state index in [1.165, 1.54) is 122 Å². The van der Waals surface area contributed by atoms with E-state index < -0.39 is 6.10 Å². The summed E-state index contributed by atoms with van der Waals surface area (Å²) in [6.45, 7) is 6.53. The molecule has 0 aromatic carbocycles. The molecule has 0 unspecified atom stereocenters. The summed E-state index contributed by atoms with van der Waals surface area (Å²) >= 11 is 0. The second-order valence-corrected chi connectivity index (χ2v) is 13.9. The smallest absolute Gasteiger partial charge is 0.306 e. The molecule has 0 amide bonds. The Morgan fingerprint density at radius 2 is 0.574 bits per heavy atom. The minimum atomic E-state index is -0.754. The van der Waals surface area contributed by atoms with Crippen LogP contribution in [0.3, 0.4) is 0 Å². The van der Waals surface area contributed by atoms with Crippen LogP contribution in [0.4, 0.5) is 0 Å². The van der Waals surface area contributed by atoms with Gasteiger partial charge < -0.3 is 14.2 Å². The lowest BCUT2D eigenvalue weighted by molar-refractivity contribution is -0.167. The maximum Gasteiger partial charge on any atom is 0.306 e. The lowest BCUT2D eigenvalue weighted by Crippen LogP contribution is -2.30. The number of ether oxygens (including phenoxy) is 3. The van der Waals surface area contributed by atoms with Gasteiger partial charge in [-0.1, -0.05) is 188 Å². The zero-order chi connectivity index (χ0) is 34.5. The van der Waals surface area contributed by atoms with Crippen molar-refractivity contribution in [2.24, 2.45) is 0 Å². The second kappa shape index (κ2) is 37.2. The lowest BCUT2D eigenvalue weighted by atomic mass is 10.0. The van der Waals surface area contributed by atoms with Crippen LogP contribution in [0.15, 0.2) is 0 Å². The topological polar surface area (TPSA) is 78.9 Å². The highest BCUT2D eigenvalue weighted by atomic mass is 16.6. The van der Waals surface area contributed by atoms with E-state index in [9.17, 15) is 14.4 Å². The fraction of sp³-hybridized carbons (Fsp3) is 0.927. The number of carbonyl (C=O) groups is 3. The largest absolute Gasteiger partial charge is 0.462 e. The van der Waals surface area contributed by atoms with Crippen LogP contribution in [0, 0.1) is 0 Å². The molecule has 0 aliphatic carbocycles. The molecular weight excluding hydrogens is 588 g/mol. The van der Waals surface area contributed by atoms with Gasteiger partial charge in [0.05, 0.1) is 0 Å². The van der Waals surface area contributed by atoms with Gasteiger partial charge in [-0.05, 0) is 19.3 Å². The van der Waals surface area contributed by atoms with Gasteiger partial charge in [0.15, 0.2) is 6.10 Å². The molecular formula is C41H78O6. The SMILES string of the molecule is CCCCCCCCCCCCCCCCCC(=O)OC[C@H](COC(=O)CCCCCCCCCCC)OC(=O)CCCCCCC. The number of hydrogen-bond donors (Lipinski definition) is 0. The first-order chi connectivity index (χ1) is 23.0. The summed E-state index contributed by atoms with van der Waals surface area (Å²) in [6.07, 6.45) is 35.5. The molecule has 0 saturated heterocycles. The average Bonchev–Trinajstić information content (AvgIpc) is 3.06. The Balaban J connectivity index is 4.15. The van der Waals surface area contributed by atoms with Crippen molar-refractivity contribution in [1.29, 1.82) is 0 Å². The first-order valence-corrected chi connectivity index (χ1v) is 20.5. The Hall–Kier alpha value is -1.59. The zero-order valence-corrected chi connectivity index (χ0v) is 31.6. The molecule has 1 atom stereocenters. The van der Waals surface area contributed by atoms with E-state index in [1.54, 1.807) is 0 Å². The Morgan fingerprint density at radius 3 is 0.851 bits per heavy atom. The summed E-state index contributed by atoms with van der Waals surface area (Å²) in [5, 5.41) is 0. The third kappa shape index (κ3) is 35.5. The van der Waals surface area contributed by atoms with E-state index in [-0.39, 0.29) is 31.1 Å². The van der Waals surface area contributed by atoms with Crippen molar-refractivity contribution in [3.8, 4) is 0 Å². The summed E-state index contributed by atoms with van der Waals surface area (Å²) in [7, 11) is 0. The quantitative estimate of drug-likeness (QED) is 0.0373. The molecule has 0 saturated carbocycles. The van der Waals surface area contributed by atoms with Crippen LogP contribution in [-0.4, -0.2) is 37.2 Å². The molecule has 0 fully saturated rings. The molecule has 0 spiro atoms. The van der Waals surface area contributed by atoms with Crippen LogP contribution in [0.1, 0.15) is 226 Å². The Bertz CT molecular complexity index is 693. The number of hydrogen-bond acceptors (Lipinski definition) is 6. The summed E-state index contributed by atoms with van der Waals surface area (Å²) < 4.78 is 16.5. The molecule has 0 aromatic rings. The molecule has 0 aromatic heterocycles. The van der Waals surface area contributed by atoms with Gasteiger partial charge in [-0.25, -0.2) is 0 Å².